The van der Waals surface area contributed by atoms with Gasteiger partial charge < -0.3 is 20.2 Å². The van der Waals surface area contributed by atoms with Crippen molar-refractivity contribution in [2.75, 3.05) is 32.7 Å². The number of nitrogens with zero attached hydrogens (tertiary/aromatic N) is 2. The first-order chi connectivity index (χ1) is 9.99. The highest BCUT2D eigenvalue weighted by molar-refractivity contribution is 5.95. The van der Waals surface area contributed by atoms with E-state index in [1.165, 1.54) is 4.90 Å². The Bertz CT molecular complexity index is 386. The molecule has 2 saturated heterocycles. The Morgan fingerprint density at radius 3 is 2.76 bits per heavy atom. The second-order valence-electron chi connectivity index (χ2n) is 6.52. The van der Waals surface area contributed by atoms with E-state index >= 15 is 0 Å². The summed E-state index contributed by atoms with van der Waals surface area (Å²) in [4.78, 5) is 27.8. The Hall–Kier alpha value is -1.14. The Morgan fingerprint density at radius 2 is 2.05 bits per heavy atom. The highest BCUT2D eigenvalue weighted by Gasteiger charge is 2.40. The number of rotatable bonds is 6. The van der Waals surface area contributed by atoms with Crippen LogP contribution in [-0.2, 0) is 9.59 Å². The van der Waals surface area contributed by atoms with Gasteiger partial charge in [0.25, 0.3) is 0 Å². The van der Waals surface area contributed by atoms with Crippen molar-refractivity contribution in [2.24, 2.45) is 5.92 Å². The molecule has 2 aliphatic heterocycles. The van der Waals surface area contributed by atoms with Gasteiger partial charge in [-0.15, -0.1) is 0 Å². The third-order valence-corrected chi connectivity index (χ3v) is 4.11. The number of hydrogen-bond donors (Lipinski definition) is 2. The molecule has 2 atom stereocenters. The Morgan fingerprint density at radius 1 is 1.29 bits per heavy atom. The zero-order chi connectivity index (χ0) is 15.4. The molecule has 2 N–H and O–H groups in total. The van der Waals surface area contributed by atoms with Crippen molar-refractivity contribution in [2.45, 2.75) is 45.3 Å². The van der Waals surface area contributed by atoms with Crippen LogP contribution < -0.4 is 5.32 Å². The van der Waals surface area contributed by atoms with E-state index in [4.69, 9.17) is 0 Å². The quantitative estimate of drug-likeness (QED) is 0.713. The molecule has 6 heteroatoms. The topological polar surface area (TPSA) is 72.9 Å². The molecule has 0 aromatic carbocycles. The molecule has 0 aromatic rings. The molecule has 0 aromatic heterocycles. The van der Waals surface area contributed by atoms with Crippen molar-refractivity contribution in [1.82, 2.24) is 15.1 Å². The van der Waals surface area contributed by atoms with Gasteiger partial charge in [-0.1, -0.05) is 13.8 Å². The number of hydrogen-bond acceptors (Lipinski definition) is 4. The van der Waals surface area contributed by atoms with Crippen molar-refractivity contribution in [3.05, 3.63) is 0 Å². The molecule has 0 saturated carbocycles. The SMILES string of the molecule is CC(C)CNCC(O)CN1CC(=O)N2CCCCC2C1=O. The minimum atomic E-state index is -0.629. The zero-order valence-electron chi connectivity index (χ0n) is 13.0. The number of fused-ring (bicyclic) bond motifs is 1. The van der Waals surface area contributed by atoms with Crippen molar-refractivity contribution in [3.63, 3.8) is 0 Å². The van der Waals surface area contributed by atoms with Crippen LogP contribution in [0, 0.1) is 5.92 Å². The fourth-order valence-electron chi connectivity index (χ4n) is 3.04. The largest absolute Gasteiger partial charge is 0.390 e. The fourth-order valence-corrected chi connectivity index (χ4v) is 3.04. The summed E-state index contributed by atoms with van der Waals surface area (Å²) in [6.45, 7) is 6.52. The Kier molecular flexibility index (Phi) is 5.58. The van der Waals surface area contributed by atoms with Gasteiger partial charge in [-0.2, -0.15) is 0 Å². The normalized spacial score (nSPS) is 24.5. The van der Waals surface area contributed by atoms with E-state index in [-0.39, 0.29) is 30.9 Å². The summed E-state index contributed by atoms with van der Waals surface area (Å²) in [7, 11) is 0. The molecule has 0 bridgehead atoms. The maximum Gasteiger partial charge on any atom is 0.245 e. The van der Waals surface area contributed by atoms with E-state index in [0.29, 0.717) is 19.0 Å². The number of amides is 2. The third kappa shape index (κ3) is 4.17. The first-order valence-corrected chi connectivity index (χ1v) is 7.96. The fraction of sp³-hybridized carbons (Fsp3) is 0.867. The van der Waals surface area contributed by atoms with E-state index in [1.807, 2.05) is 0 Å². The van der Waals surface area contributed by atoms with E-state index in [1.54, 1.807) is 4.90 Å². The van der Waals surface area contributed by atoms with Gasteiger partial charge in [0.1, 0.15) is 6.04 Å². The van der Waals surface area contributed by atoms with Gasteiger partial charge in [0.15, 0.2) is 0 Å². The molecule has 120 valence electrons. The van der Waals surface area contributed by atoms with Crippen molar-refractivity contribution in [3.8, 4) is 0 Å². The lowest BCUT2D eigenvalue weighted by atomic mass is 9.98. The first kappa shape index (κ1) is 16.2. The average molecular weight is 297 g/mol. The van der Waals surface area contributed by atoms with E-state index in [9.17, 15) is 14.7 Å². The van der Waals surface area contributed by atoms with Crippen LogP contribution in [0.15, 0.2) is 0 Å². The number of carbonyl (C=O) groups excluding carboxylic acids is 2. The summed E-state index contributed by atoms with van der Waals surface area (Å²) < 4.78 is 0. The van der Waals surface area contributed by atoms with Gasteiger partial charge in [0.05, 0.1) is 12.6 Å². The molecular weight excluding hydrogens is 270 g/mol. The molecule has 0 aliphatic carbocycles. The zero-order valence-corrected chi connectivity index (χ0v) is 13.0. The van der Waals surface area contributed by atoms with Gasteiger partial charge in [0, 0.05) is 19.6 Å². The number of piperidine rings is 1. The number of β-amino-alcohol motifs (C(OH)–C–C–N with tert-alkyl or cyclic N) is 1. The lowest BCUT2D eigenvalue weighted by Crippen LogP contribution is -2.62. The summed E-state index contributed by atoms with van der Waals surface area (Å²) in [6.07, 6.45) is 2.10. The van der Waals surface area contributed by atoms with Gasteiger partial charge in [0.2, 0.25) is 11.8 Å². The first-order valence-electron chi connectivity index (χ1n) is 7.96. The van der Waals surface area contributed by atoms with Crippen LogP contribution >= 0.6 is 0 Å². The number of piperazine rings is 1. The lowest BCUT2D eigenvalue weighted by Gasteiger charge is -2.43. The molecule has 0 radical (unpaired) electrons. The smallest absolute Gasteiger partial charge is 0.245 e. The molecule has 2 unspecified atom stereocenters. The van der Waals surface area contributed by atoms with Crippen LogP contribution in [0.3, 0.4) is 0 Å². The number of aliphatic hydroxyl groups is 1. The Labute approximate surface area is 126 Å². The van der Waals surface area contributed by atoms with Crippen LogP contribution in [0.4, 0.5) is 0 Å². The molecular formula is C15H27N3O3. The molecule has 0 spiro atoms. The second-order valence-corrected chi connectivity index (χ2v) is 6.52. The van der Waals surface area contributed by atoms with E-state index in [0.717, 1.165) is 25.8 Å². The molecule has 2 rings (SSSR count). The molecule has 2 aliphatic rings. The van der Waals surface area contributed by atoms with Gasteiger partial charge >= 0.3 is 0 Å². The third-order valence-electron chi connectivity index (χ3n) is 4.11. The van der Waals surface area contributed by atoms with Crippen molar-refractivity contribution < 1.29 is 14.7 Å². The van der Waals surface area contributed by atoms with Crippen LogP contribution in [0.1, 0.15) is 33.1 Å². The van der Waals surface area contributed by atoms with Crippen LogP contribution in [0.25, 0.3) is 0 Å². The summed E-state index contributed by atoms with van der Waals surface area (Å²) in [5.41, 5.74) is 0. The highest BCUT2D eigenvalue weighted by Crippen LogP contribution is 2.23. The number of nitrogens with one attached hydrogen (secondary N) is 1. The highest BCUT2D eigenvalue weighted by atomic mass is 16.3. The summed E-state index contributed by atoms with van der Waals surface area (Å²) in [6, 6.07) is -0.296. The maximum atomic E-state index is 12.4. The summed E-state index contributed by atoms with van der Waals surface area (Å²) in [5, 5.41) is 13.2. The summed E-state index contributed by atoms with van der Waals surface area (Å²) in [5.74, 6) is 0.532. The van der Waals surface area contributed by atoms with Crippen LogP contribution in [0.5, 0.6) is 0 Å². The predicted molar refractivity (Wildman–Crippen MR) is 79.6 cm³/mol. The van der Waals surface area contributed by atoms with E-state index < -0.39 is 6.10 Å². The van der Waals surface area contributed by atoms with Crippen molar-refractivity contribution >= 4 is 11.8 Å². The average Bonchev–Trinajstić information content (AvgIpc) is 2.44. The van der Waals surface area contributed by atoms with Crippen LogP contribution in [0.2, 0.25) is 0 Å². The monoisotopic (exact) mass is 297 g/mol. The molecule has 2 amide bonds. The second kappa shape index (κ2) is 7.22. The van der Waals surface area contributed by atoms with E-state index in [2.05, 4.69) is 19.2 Å². The minimum absolute atomic E-state index is 0.00258. The van der Waals surface area contributed by atoms with Gasteiger partial charge in [-0.3, -0.25) is 9.59 Å². The van der Waals surface area contributed by atoms with Gasteiger partial charge in [-0.05, 0) is 31.7 Å². The lowest BCUT2D eigenvalue weighted by molar-refractivity contribution is -0.158. The van der Waals surface area contributed by atoms with Crippen molar-refractivity contribution in [1.29, 1.82) is 0 Å². The predicted octanol–water partition coefficient (Wildman–Crippen LogP) is -0.184. The molecule has 6 nitrogen and oxygen atoms in total. The van der Waals surface area contributed by atoms with Crippen LogP contribution in [-0.4, -0.2) is 71.6 Å². The maximum absolute atomic E-state index is 12.4. The number of aliphatic hydroxyl groups excluding tert-OH is 1. The standard InChI is InChI=1S/C15H27N3O3/c1-11(2)7-16-8-12(19)9-17-10-14(20)18-6-4-3-5-13(18)15(17)21/h11-13,16,19H,3-10H2,1-2H3. The van der Waals surface area contributed by atoms with Gasteiger partial charge in [-0.25, -0.2) is 0 Å². The summed E-state index contributed by atoms with van der Waals surface area (Å²) >= 11 is 0. The number of carbonyl (C=O) groups is 2. The molecule has 2 fully saturated rings. The molecule has 2 heterocycles. The Balaban J connectivity index is 1.85. The minimum Gasteiger partial charge on any atom is -0.390 e. The molecule has 21 heavy (non-hydrogen) atoms.